The van der Waals surface area contributed by atoms with Crippen LogP contribution in [-0.4, -0.2) is 30.5 Å². The van der Waals surface area contributed by atoms with E-state index in [-0.39, 0.29) is 5.38 Å². The fourth-order valence-corrected chi connectivity index (χ4v) is 3.31. The van der Waals surface area contributed by atoms with Crippen LogP contribution in [0.25, 0.3) is 0 Å². The number of nitrogens with zero attached hydrogens (tertiary/aromatic N) is 1. The molecule has 3 nitrogen and oxygen atoms in total. The summed E-state index contributed by atoms with van der Waals surface area (Å²) in [4.78, 5) is 2.35. The van der Waals surface area contributed by atoms with Gasteiger partial charge < -0.3 is 9.47 Å². The number of benzene rings is 3. The van der Waals surface area contributed by atoms with Crippen LogP contribution >= 0.6 is 11.6 Å². The van der Waals surface area contributed by atoms with Crippen LogP contribution < -0.4 is 9.47 Å². The summed E-state index contributed by atoms with van der Waals surface area (Å²) in [6.07, 6.45) is 0. The average molecular weight is 396 g/mol. The zero-order valence-corrected chi connectivity index (χ0v) is 16.9. The van der Waals surface area contributed by atoms with E-state index in [1.165, 1.54) is 11.1 Å². The first-order valence-corrected chi connectivity index (χ1v) is 9.87. The zero-order valence-electron chi connectivity index (χ0n) is 16.1. The molecule has 4 heteroatoms. The Bertz CT molecular complexity index is 809. The number of para-hydroxylation sites is 1. The van der Waals surface area contributed by atoms with Crippen molar-refractivity contribution in [2.75, 3.05) is 20.3 Å². The Morgan fingerprint density at radius 3 is 1.93 bits per heavy atom. The predicted octanol–water partition coefficient (Wildman–Crippen LogP) is 5.38. The monoisotopic (exact) mass is 395 g/mol. The SMILES string of the molecule is COc1ccc(CN(Cc2ccccc2)CC(Cl)COc2ccccc2)cc1. The Kier molecular flexibility index (Phi) is 7.77. The van der Waals surface area contributed by atoms with Crippen molar-refractivity contribution in [1.82, 2.24) is 4.90 Å². The van der Waals surface area contributed by atoms with Crippen LogP contribution in [0.5, 0.6) is 11.5 Å². The molecule has 0 aliphatic rings. The summed E-state index contributed by atoms with van der Waals surface area (Å²) in [5.74, 6) is 1.71. The number of ether oxygens (including phenoxy) is 2. The molecular formula is C24H26ClNO2. The van der Waals surface area contributed by atoms with Crippen LogP contribution in [0.4, 0.5) is 0 Å². The minimum absolute atomic E-state index is 0.109. The Labute approximate surface area is 172 Å². The summed E-state index contributed by atoms with van der Waals surface area (Å²) in [7, 11) is 1.68. The van der Waals surface area contributed by atoms with Gasteiger partial charge in [-0.1, -0.05) is 60.7 Å². The number of rotatable bonds is 10. The smallest absolute Gasteiger partial charge is 0.119 e. The fraction of sp³-hybridized carbons (Fsp3) is 0.250. The van der Waals surface area contributed by atoms with Gasteiger partial charge >= 0.3 is 0 Å². The first-order chi connectivity index (χ1) is 13.7. The van der Waals surface area contributed by atoms with E-state index in [1.807, 2.05) is 48.5 Å². The highest BCUT2D eigenvalue weighted by molar-refractivity contribution is 6.20. The summed E-state index contributed by atoms with van der Waals surface area (Å²) < 4.78 is 11.1. The molecule has 0 saturated carbocycles. The van der Waals surface area contributed by atoms with Gasteiger partial charge in [-0.2, -0.15) is 0 Å². The van der Waals surface area contributed by atoms with Crippen molar-refractivity contribution < 1.29 is 9.47 Å². The van der Waals surface area contributed by atoms with Gasteiger partial charge in [0.2, 0.25) is 0 Å². The lowest BCUT2D eigenvalue weighted by Crippen LogP contribution is -2.32. The minimum atomic E-state index is -0.109. The second kappa shape index (κ2) is 10.7. The molecule has 0 saturated heterocycles. The molecule has 0 heterocycles. The van der Waals surface area contributed by atoms with Gasteiger partial charge in [0.15, 0.2) is 0 Å². The molecule has 0 aromatic heterocycles. The Morgan fingerprint density at radius 1 is 0.750 bits per heavy atom. The van der Waals surface area contributed by atoms with Gasteiger partial charge in [-0.25, -0.2) is 0 Å². The number of hydrogen-bond donors (Lipinski definition) is 0. The van der Waals surface area contributed by atoms with E-state index in [0.717, 1.165) is 31.1 Å². The molecule has 0 aliphatic carbocycles. The lowest BCUT2D eigenvalue weighted by Gasteiger charge is -2.25. The molecule has 0 radical (unpaired) electrons. The number of hydrogen-bond acceptors (Lipinski definition) is 3. The van der Waals surface area contributed by atoms with Gasteiger partial charge in [0, 0.05) is 19.6 Å². The second-order valence-corrected chi connectivity index (χ2v) is 7.34. The standard InChI is InChI=1S/C24H26ClNO2/c1-27-23-14-12-21(13-15-23)17-26(16-20-8-4-2-5-9-20)18-22(25)19-28-24-10-6-3-7-11-24/h2-15,22H,16-19H2,1H3. The van der Waals surface area contributed by atoms with Gasteiger partial charge in [0.25, 0.3) is 0 Å². The molecule has 3 rings (SSSR count). The van der Waals surface area contributed by atoms with Crippen LogP contribution in [0.2, 0.25) is 0 Å². The summed E-state index contributed by atoms with van der Waals surface area (Å²) in [6, 6.07) is 28.4. The van der Waals surface area contributed by atoms with Crippen LogP contribution in [0.15, 0.2) is 84.9 Å². The lowest BCUT2D eigenvalue weighted by molar-refractivity contribution is 0.225. The number of methoxy groups -OCH3 is 1. The van der Waals surface area contributed by atoms with Crippen molar-refractivity contribution in [2.45, 2.75) is 18.5 Å². The van der Waals surface area contributed by atoms with E-state index in [4.69, 9.17) is 21.1 Å². The first-order valence-electron chi connectivity index (χ1n) is 9.44. The first kappa shape index (κ1) is 20.2. The Morgan fingerprint density at radius 2 is 1.32 bits per heavy atom. The van der Waals surface area contributed by atoms with Crippen LogP contribution in [-0.2, 0) is 13.1 Å². The third-order valence-electron chi connectivity index (χ3n) is 4.44. The number of halogens is 1. The second-order valence-electron chi connectivity index (χ2n) is 6.72. The normalized spacial score (nSPS) is 12.0. The molecular weight excluding hydrogens is 370 g/mol. The summed E-state index contributed by atoms with van der Waals surface area (Å²) in [5.41, 5.74) is 2.49. The Hall–Kier alpha value is -2.49. The fourth-order valence-electron chi connectivity index (χ4n) is 3.05. The maximum atomic E-state index is 6.62. The molecule has 0 N–H and O–H groups in total. The molecule has 28 heavy (non-hydrogen) atoms. The third-order valence-corrected chi connectivity index (χ3v) is 4.71. The van der Waals surface area contributed by atoms with E-state index >= 15 is 0 Å². The maximum absolute atomic E-state index is 6.62. The van der Waals surface area contributed by atoms with Gasteiger partial charge in [-0.05, 0) is 35.4 Å². The molecule has 3 aromatic rings. The van der Waals surface area contributed by atoms with Crippen LogP contribution in [0.1, 0.15) is 11.1 Å². The highest BCUT2D eigenvalue weighted by atomic mass is 35.5. The van der Waals surface area contributed by atoms with Gasteiger partial charge in [0.05, 0.1) is 12.5 Å². The van der Waals surface area contributed by atoms with Crippen LogP contribution in [0.3, 0.4) is 0 Å². The van der Waals surface area contributed by atoms with Crippen molar-refractivity contribution in [3.8, 4) is 11.5 Å². The van der Waals surface area contributed by atoms with Gasteiger partial charge in [-0.3, -0.25) is 4.90 Å². The van der Waals surface area contributed by atoms with Crippen molar-refractivity contribution >= 4 is 11.6 Å². The minimum Gasteiger partial charge on any atom is -0.497 e. The Balaban J connectivity index is 1.62. The molecule has 0 amide bonds. The predicted molar refractivity (Wildman–Crippen MR) is 115 cm³/mol. The van der Waals surface area contributed by atoms with E-state index in [9.17, 15) is 0 Å². The molecule has 0 spiro atoms. The molecule has 1 atom stereocenters. The van der Waals surface area contributed by atoms with E-state index in [1.54, 1.807) is 7.11 Å². The molecule has 0 aliphatic heterocycles. The maximum Gasteiger partial charge on any atom is 0.119 e. The lowest BCUT2D eigenvalue weighted by atomic mass is 10.1. The van der Waals surface area contributed by atoms with E-state index in [0.29, 0.717) is 6.61 Å². The van der Waals surface area contributed by atoms with Gasteiger partial charge in [0.1, 0.15) is 18.1 Å². The average Bonchev–Trinajstić information content (AvgIpc) is 2.74. The van der Waals surface area contributed by atoms with Crippen molar-refractivity contribution in [1.29, 1.82) is 0 Å². The summed E-state index contributed by atoms with van der Waals surface area (Å²) in [5, 5.41) is -0.109. The zero-order chi connectivity index (χ0) is 19.6. The quantitative estimate of drug-likeness (QED) is 0.430. The highest BCUT2D eigenvalue weighted by Crippen LogP contribution is 2.17. The summed E-state index contributed by atoms with van der Waals surface area (Å²) in [6.45, 7) is 2.85. The topological polar surface area (TPSA) is 21.7 Å². The van der Waals surface area contributed by atoms with Gasteiger partial charge in [-0.15, -0.1) is 11.6 Å². The van der Waals surface area contributed by atoms with E-state index < -0.39 is 0 Å². The van der Waals surface area contributed by atoms with E-state index in [2.05, 4.69) is 41.3 Å². The van der Waals surface area contributed by atoms with Crippen molar-refractivity contribution in [2.24, 2.45) is 0 Å². The highest BCUT2D eigenvalue weighted by Gasteiger charge is 2.14. The largest absolute Gasteiger partial charge is 0.497 e. The molecule has 3 aromatic carbocycles. The number of alkyl halides is 1. The van der Waals surface area contributed by atoms with Crippen molar-refractivity contribution in [3.63, 3.8) is 0 Å². The van der Waals surface area contributed by atoms with Crippen molar-refractivity contribution in [3.05, 3.63) is 96.1 Å². The third kappa shape index (κ3) is 6.59. The molecule has 146 valence electrons. The van der Waals surface area contributed by atoms with Crippen LogP contribution in [0, 0.1) is 0 Å². The molecule has 0 bridgehead atoms. The summed E-state index contributed by atoms with van der Waals surface area (Å²) >= 11 is 6.62. The molecule has 1 unspecified atom stereocenters. The molecule has 0 fully saturated rings.